The molecule has 0 spiro atoms. The standard InChI is InChI=1S/C16H12N2/c1-10-13-9-11-5-2-3-6-12(11)15(13)16-14(18-10)7-4-8-17-16/h2-8H,9H2,1H3. The predicted octanol–water partition coefficient (Wildman–Crippen LogP) is 3.51. The van der Waals surface area contributed by atoms with Gasteiger partial charge in [-0.05, 0) is 35.7 Å². The summed E-state index contributed by atoms with van der Waals surface area (Å²) < 4.78 is 0. The van der Waals surface area contributed by atoms with Gasteiger partial charge in [0.2, 0.25) is 0 Å². The number of fused-ring (bicyclic) bond motifs is 5. The number of nitrogens with zero attached hydrogens (tertiary/aromatic N) is 2. The van der Waals surface area contributed by atoms with Crippen molar-refractivity contribution in [2.24, 2.45) is 0 Å². The zero-order valence-electron chi connectivity index (χ0n) is 10.1. The normalized spacial score (nSPS) is 12.5. The molecule has 2 aromatic heterocycles. The molecule has 0 amide bonds. The molecule has 1 aliphatic carbocycles. The molecule has 0 N–H and O–H groups in total. The number of benzene rings is 1. The smallest absolute Gasteiger partial charge is 0.0968 e. The maximum absolute atomic E-state index is 4.67. The van der Waals surface area contributed by atoms with Crippen molar-refractivity contribution < 1.29 is 0 Å². The molecule has 1 aliphatic rings. The lowest BCUT2D eigenvalue weighted by Gasteiger charge is -2.07. The first kappa shape index (κ1) is 9.77. The van der Waals surface area contributed by atoms with Crippen molar-refractivity contribution in [3.8, 4) is 11.1 Å². The highest BCUT2D eigenvalue weighted by atomic mass is 14.8. The molecule has 0 fully saturated rings. The van der Waals surface area contributed by atoms with Crippen LogP contribution in [0, 0.1) is 6.92 Å². The fourth-order valence-corrected chi connectivity index (χ4v) is 2.87. The van der Waals surface area contributed by atoms with Crippen LogP contribution in [0.15, 0.2) is 42.6 Å². The van der Waals surface area contributed by atoms with Gasteiger partial charge in [0, 0.05) is 23.9 Å². The Kier molecular flexibility index (Phi) is 1.84. The Bertz CT molecular complexity index is 775. The van der Waals surface area contributed by atoms with E-state index in [-0.39, 0.29) is 0 Å². The lowest BCUT2D eigenvalue weighted by Crippen LogP contribution is -1.94. The van der Waals surface area contributed by atoms with Gasteiger partial charge in [0.1, 0.15) is 0 Å². The molecule has 3 aromatic rings. The van der Waals surface area contributed by atoms with Gasteiger partial charge in [-0.15, -0.1) is 0 Å². The maximum Gasteiger partial charge on any atom is 0.0968 e. The van der Waals surface area contributed by atoms with Gasteiger partial charge in [0.05, 0.1) is 11.0 Å². The van der Waals surface area contributed by atoms with Crippen LogP contribution in [0.5, 0.6) is 0 Å². The van der Waals surface area contributed by atoms with Crippen LogP contribution in [0.3, 0.4) is 0 Å². The second-order valence-electron chi connectivity index (χ2n) is 4.76. The third-order valence-corrected chi connectivity index (χ3v) is 3.70. The number of aryl methyl sites for hydroxylation is 1. The predicted molar refractivity (Wildman–Crippen MR) is 72.5 cm³/mol. The van der Waals surface area contributed by atoms with Crippen molar-refractivity contribution in [3.05, 3.63) is 59.4 Å². The summed E-state index contributed by atoms with van der Waals surface area (Å²) in [6.07, 6.45) is 2.83. The number of pyridine rings is 2. The highest BCUT2D eigenvalue weighted by molar-refractivity contribution is 5.96. The van der Waals surface area contributed by atoms with E-state index in [1.165, 1.54) is 22.3 Å². The average Bonchev–Trinajstić information content (AvgIpc) is 2.79. The fraction of sp³-hybridized carbons (Fsp3) is 0.125. The molecular formula is C16H12N2. The molecule has 2 heterocycles. The van der Waals surface area contributed by atoms with Gasteiger partial charge in [-0.2, -0.15) is 0 Å². The number of hydrogen-bond acceptors (Lipinski definition) is 2. The minimum atomic E-state index is 0.983. The van der Waals surface area contributed by atoms with Crippen LogP contribution in [-0.4, -0.2) is 9.97 Å². The average molecular weight is 232 g/mol. The van der Waals surface area contributed by atoms with Crippen molar-refractivity contribution in [2.45, 2.75) is 13.3 Å². The zero-order valence-corrected chi connectivity index (χ0v) is 10.1. The van der Waals surface area contributed by atoms with Crippen molar-refractivity contribution in [1.82, 2.24) is 9.97 Å². The molecule has 0 bridgehead atoms. The molecule has 4 rings (SSSR count). The first-order valence-electron chi connectivity index (χ1n) is 6.17. The summed E-state index contributed by atoms with van der Waals surface area (Å²) in [6, 6.07) is 12.6. The van der Waals surface area contributed by atoms with E-state index in [0.717, 1.165) is 23.1 Å². The Balaban J connectivity index is 2.20. The highest BCUT2D eigenvalue weighted by Crippen LogP contribution is 2.40. The molecule has 2 nitrogen and oxygen atoms in total. The van der Waals surface area contributed by atoms with Crippen molar-refractivity contribution in [1.29, 1.82) is 0 Å². The summed E-state index contributed by atoms with van der Waals surface area (Å²) in [5, 5.41) is 0. The number of aromatic nitrogens is 2. The van der Waals surface area contributed by atoms with E-state index in [0.29, 0.717) is 0 Å². The largest absolute Gasteiger partial charge is 0.254 e. The first-order valence-corrected chi connectivity index (χ1v) is 6.17. The molecule has 86 valence electrons. The highest BCUT2D eigenvalue weighted by Gasteiger charge is 2.23. The molecule has 0 radical (unpaired) electrons. The van der Waals surface area contributed by atoms with E-state index in [2.05, 4.69) is 41.2 Å². The van der Waals surface area contributed by atoms with Crippen molar-refractivity contribution >= 4 is 11.0 Å². The summed E-state index contributed by atoms with van der Waals surface area (Å²) in [5.74, 6) is 0. The van der Waals surface area contributed by atoms with Crippen LogP contribution >= 0.6 is 0 Å². The van der Waals surface area contributed by atoms with Crippen LogP contribution < -0.4 is 0 Å². The van der Waals surface area contributed by atoms with E-state index < -0.39 is 0 Å². The third-order valence-electron chi connectivity index (χ3n) is 3.70. The van der Waals surface area contributed by atoms with E-state index in [1.54, 1.807) is 0 Å². The second kappa shape index (κ2) is 3.39. The van der Waals surface area contributed by atoms with Crippen LogP contribution in [0.2, 0.25) is 0 Å². The molecular weight excluding hydrogens is 220 g/mol. The van der Waals surface area contributed by atoms with Gasteiger partial charge in [0.15, 0.2) is 0 Å². The molecule has 1 aromatic carbocycles. The Morgan fingerprint density at radius 2 is 1.94 bits per heavy atom. The molecule has 0 unspecified atom stereocenters. The quantitative estimate of drug-likeness (QED) is 0.463. The first-order chi connectivity index (χ1) is 8.84. The summed E-state index contributed by atoms with van der Waals surface area (Å²) in [4.78, 5) is 9.20. The van der Waals surface area contributed by atoms with Crippen LogP contribution in [0.25, 0.3) is 22.2 Å². The van der Waals surface area contributed by atoms with E-state index in [4.69, 9.17) is 0 Å². The van der Waals surface area contributed by atoms with Gasteiger partial charge in [0.25, 0.3) is 0 Å². The summed E-state index contributed by atoms with van der Waals surface area (Å²) in [5.41, 5.74) is 8.48. The minimum absolute atomic E-state index is 0.983. The van der Waals surface area contributed by atoms with Gasteiger partial charge < -0.3 is 0 Å². The third kappa shape index (κ3) is 1.17. The van der Waals surface area contributed by atoms with Gasteiger partial charge in [-0.3, -0.25) is 9.97 Å². The molecule has 0 saturated carbocycles. The molecule has 0 aliphatic heterocycles. The van der Waals surface area contributed by atoms with Gasteiger partial charge in [-0.1, -0.05) is 24.3 Å². The van der Waals surface area contributed by atoms with Crippen molar-refractivity contribution in [3.63, 3.8) is 0 Å². The zero-order chi connectivity index (χ0) is 12.1. The van der Waals surface area contributed by atoms with E-state index in [1.807, 2.05) is 18.3 Å². The number of hydrogen-bond donors (Lipinski definition) is 0. The second-order valence-corrected chi connectivity index (χ2v) is 4.76. The van der Waals surface area contributed by atoms with Gasteiger partial charge >= 0.3 is 0 Å². The van der Waals surface area contributed by atoms with E-state index >= 15 is 0 Å². The van der Waals surface area contributed by atoms with Crippen LogP contribution in [0.1, 0.15) is 16.8 Å². The lowest BCUT2D eigenvalue weighted by atomic mass is 10.0. The molecule has 18 heavy (non-hydrogen) atoms. The Morgan fingerprint density at radius 3 is 2.89 bits per heavy atom. The fourth-order valence-electron chi connectivity index (χ4n) is 2.87. The Labute approximate surface area is 105 Å². The lowest BCUT2D eigenvalue weighted by molar-refractivity contribution is 1.14. The molecule has 0 atom stereocenters. The van der Waals surface area contributed by atoms with Crippen LogP contribution in [0.4, 0.5) is 0 Å². The van der Waals surface area contributed by atoms with Crippen LogP contribution in [-0.2, 0) is 6.42 Å². The monoisotopic (exact) mass is 232 g/mol. The maximum atomic E-state index is 4.67. The van der Waals surface area contributed by atoms with Gasteiger partial charge in [-0.25, -0.2) is 0 Å². The summed E-state index contributed by atoms with van der Waals surface area (Å²) in [6.45, 7) is 2.09. The Hall–Kier alpha value is -2.22. The summed E-state index contributed by atoms with van der Waals surface area (Å²) in [7, 11) is 0. The SMILES string of the molecule is Cc1nc2cccnc2c2c1Cc1ccccc1-2. The van der Waals surface area contributed by atoms with Crippen molar-refractivity contribution in [2.75, 3.05) is 0 Å². The topological polar surface area (TPSA) is 25.8 Å². The minimum Gasteiger partial charge on any atom is -0.254 e. The molecule has 0 saturated heterocycles. The molecule has 2 heteroatoms. The van der Waals surface area contributed by atoms with E-state index in [9.17, 15) is 0 Å². The Morgan fingerprint density at radius 1 is 1.06 bits per heavy atom. The number of rotatable bonds is 0. The summed E-state index contributed by atoms with van der Waals surface area (Å²) >= 11 is 0.